The first-order chi connectivity index (χ1) is 13.3. The van der Waals surface area contributed by atoms with Gasteiger partial charge in [0.25, 0.3) is 0 Å². The standard InChI is InChI=1S/2C8H11P.C2HCl2O.CO.2ClH.Ir/c2*1-9(2)8-6-4-3-5-7-8;3-2(4)1-5;1-2;;;/h2*3-7H,1-2H3;2H;;2*1H;/q;;-1;;;;+3/p-2. The third-order valence-corrected chi connectivity index (χ3v) is 5.47. The number of alkyl halides is 2. The van der Waals surface area contributed by atoms with Gasteiger partial charge in [-0.25, -0.2) is 6.29 Å². The van der Waals surface area contributed by atoms with Gasteiger partial charge in [-0.3, -0.25) is 0 Å². The van der Waals surface area contributed by atoms with Crippen LogP contribution in [0, 0.1) is 6.65 Å². The molecule has 0 spiro atoms. The number of halogens is 4. The molecule has 0 fully saturated rings. The van der Waals surface area contributed by atoms with Crippen molar-refractivity contribution in [2.24, 2.45) is 0 Å². The van der Waals surface area contributed by atoms with E-state index in [2.05, 4.69) is 94.0 Å². The second kappa shape index (κ2) is 25.6. The third-order valence-electron chi connectivity index (χ3n) is 2.63. The Bertz CT molecular complexity index is 543. The molecule has 2 nitrogen and oxygen atoms in total. The zero-order valence-corrected chi connectivity index (χ0v) is 23.1. The van der Waals surface area contributed by atoms with Crippen molar-refractivity contribution < 1.29 is 25.1 Å². The second-order valence-electron chi connectivity index (χ2n) is 4.93. The van der Waals surface area contributed by atoms with E-state index < -0.39 is 20.5 Å². The summed E-state index contributed by atoms with van der Waals surface area (Å²) < 4.78 is 7.50. The molecule has 2 rings (SSSR count). The van der Waals surface area contributed by atoms with Crippen LogP contribution in [-0.2, 0) is 25.1 Å². The zero-order valence-electron chi connectivity index (χ0n) is 15.9. The molecule has 9 heteroatoms. The van der Waals surface area contributed by atoms with Crippen LogP contribution in [0.3, 0.4) is 0 Å². The molecule has 0 radical (unpaired) electrons. The van der Waals surface area contributed by atoms with E-state index in [1.807, 2.05) is 0 Å². The van der Waals surface area contributed by atoms with Gasteiger partial charge in [0.2, 0.25) is 0 Å². The van der Waals surface area contributed by atoms with E-state index in [0.29, 0.717) is 0 Å². The number of carbonyl (C=O) groups excluding carboxylic acids is 1. The third kappa shape index (κ3) is 24.6. The molecule has 0 heterocycles. The number of rotatable bonds is 3. The van der Waals surface area contributed by atoms with Gasteiger partial charge in [-0.15, -0.1) is 23.2 Å². The van der Waals surface area contributed by atoms with Crippen molar-refractivity contribution in [2.45, 2.75) is 4.84 Å². The molecule has 0 unspecified atom stereocenters. The summed E-state index contributed by atoms with van der Waals surface area (Å²) in [5, 5.41) is 2.96. The van der Waals surface area contributed by atoms with E-state index in [1.54, 1.807) is 0 Å². The Hall–Kier alpha value is 0.519. The predicted molar refractivity (Wildman–Crippen MR) is 127 cm³/mol. The number of benzene rings is 2. The van der Waals surface area contributed by atoms with Crippen molar-refractivity contribution in [1.29, 1.82) is 0 Å². The molecule has 0 N–H and O–H groups in total. The predicted octanol–water partition coefficient (Wildman–Crippen LogP) is 6.35. The summed E-state index contributed by atoms with van der Waals surface area (Å²) in [7, 11) is 9.99. The van der Waals surface area contributed by atoms with Gasteiger partial charge in [-0.1, -0.05) is 76.5 Å². The van der Waals surface area contributed by atoms with E-state index in [0.717, 1.165) is 0 Å². The average molecular weight is 679 g/mol. The van der Waals surface area contributed by atoms with Crippen LogP contribution in [0.1, 0.15) is 0 Å². The van der Waals surface area contributed by atoms with Gasteiger partial charge in [0.05, 0.1) is 0 Å². The summed E-state index contributed by atoms with van der Waals surface area (Å²) in [6.07, 6.45) is 1.31. The summed E-state index contributed by atoms with van der Waals surface area (Å²) in [5.41, 5.74) is 0. The van der Waals surface area contributed by atoms with Crippen molar-refractivity contribution in [2.75, 3.05) is 26.7 Å². The molecule has 0 saturated carbocycles. The van der Waals surface area contributed by atoms with Crippen LogP contribution in [0.15, 0.2) is 60.7 Å². The zero-order chi connectivity index (χ0) is 22.4. The summed E-state index contributed by atoms with van der Waals surface area (Å²) in [5.74, 6) is 0. The SMILES string of the molecule is CP(C)c1ccccc1.CP(C)c1ccccc1.O=[C-]C(Cl)Cl.[C-]#[O+].[Cl][Ir+][Cl]. The summed E-state index contributed by atoms with van der Waals surface area (Å²) in [6.45, 7) is 13.6. The van der Waals surface area contributed by atoms with Crippen molar-refractivity contribution in [3.8, 4) is 0 Å². The molecule has 0 bridgehead atoms. The van der Waals surface area contributed by atoms with Crippen LogP contribution in [0.25, 0.3) is 0 Å². The maximum atomic E-state index is 9.12. The molecule has 0 aliphatic heterocycles. The Balaban J connectivity index is -0.000000310. The summed E-state index contributed by atoms with van der Waals surface area (Å²) >= 11 is 9.05. The molecule has 0 aliphatic carbocycles. The van der Waals surface area contributed by atoms with Crippen LogP contribution in [0.5, 0.6) is 0 Å². The molecule has 0 amide bonds. The minimum absolute atomic E-state index is 0.104. The fourth-order valence-electron chi connectivity index (χ4n) is 1.45. The number of hydrogen-bond acceptors (Lipinski definition) is 1. The molecule has 0 atom stereocenters. The average Bonchev–Trinajstić information content (AvgIpc) is 2.72. The van der Waals surface area contributed by atoms with Gasteiger partial charge in [-0.05, 0) is 37.3 Å². The van der Waals surface area contributed by atoms with Gasteiger partial charge in [0, 0.05) is 4.84 Å². The second-order valence-corrected chi connectivity index (χ2v) is 14.1. The van der Waals surface area contributed by atoms with Gasteiger partial charge in [0.1, 0.15) is 0 Å². The fourth-order valence-corrected chi connectivity index (χ4v) is 2.99. The molecule has 0 saturated heterocycles. The maximum absolute atomic E-state index is 9.12. The van der Waals surface area contributed by atoms with Crippen LogP contribution in [0.2, 0.25) is 0 Å². The van der Waals surface area contributed by atoms with Crippen LogP contribution >= 0.6 is 58.2 Å². The quantitative estimate of drug-likeness (QED) is 0.162. The van der Waals surface area contributed by atoms with Crippen molar-refractivity contribution >= 4 is 75.1 Å². The Morgan fingerprint density at radius 1 is 0.821 bits per heavy atom. The van der Waals surface area contributed by atoms with E-state index in [9.17, 15) is 0 Å². The first-order valence-corrected chi connectivity index (χ1v) is 18.7. The molecule has 0 aromatic heterocycles. The fraction of sp³-hybridized carbons (Fsp3) is 0.263. The normalized spacial score (nSPS) is 8.89. The van der Waals surface area contributed by atoms with Gasteiger partial charge in [-0.2, -0.15) is 0 Å². The minimum atomic E-state index is -0.977. The van der Waals surface area contributed by atoms with Gasteiger partial charge < -0.3 is 4.79 Å². The molecule has 2 aromatic rings. The summed E-state index contributed by atoms with van der Waals surface area (Å²) in [6, 6.07) is 21.2. The molecule has 2 aromatic carbocycles. The first-order valence-electron chi connectivity index (χ1n) is 7.44. The van der Waals surface area contributed by atoms with Crippen molar-refractivity contribution in [1.82, 2.24) is 0 Å². The molecular formula is C19H23Cl4IrO2P2. The Morgan fingerprint density at radius 3 is 1.14 bits per heavy atom. The van der Waals surface area contributed by atoms with Crippen molar-refractivity contribution in [3.63, 3.8) is 0 Å². The molecule has 0 aliphatic rings. The molecular weight excluding hydrogens is 656 g/mol. The van der Waals surface area contributed by atoms with E-state index in [4.69, 9.17) is 51.8 Å². The van der Waals surface area contributed by atoms with Gasteiger partial charge >= 0.3 is 46.1 Å². The van der Waals surface area contributed by atoms with Crippen LogP contribution in [-0.4, -0.2) is 37.8 Å². The molecule has 28 heavy (non-hydrogen) atoms. The Labute approximate surface area is 197 Å². The van der Waals surface area contributed by atoms with Gasteiger partial charge in [0.15, 0.2) is 0 Å². The Kier molecular flexibility index (Phi) is 30.3. The van der Waals surface area contributed by atoms with Crippen LogP contribution in [0.4, 0.5) is 0 Å². The topological polar surface area (TPSA) is 37.0 Å². The monoisotopic (exact) mass is 678 g/mol. The first kappa shape index (κ1) is 33.2. The van der Waals surface area contributed by atoms with E-state index in [1.165, 1.54) is 16.9 Å². The van der Waals surface area contributed by atoms with Crippen molar-refractivity contribution in [3.05, 3.63) is 67.3 Å². The summed E-state index contributed by atoms with van der Waals surface area (Å²) in [4.78, 5) is 8.14. The van der Waals surface area contributed by atoms with E-state index in [-0.39, 0.29) is 15.8 Å². The Morgan fingerprint density at radius 2 is 1.04 bits per heavy atom. The molecule has 158 valence electrons. The van der Waals surface area contributed by atoms with Crippen LogP contribution < -0.4 is 10.6 Å². The van der Waals surface area contributed by atoms with E-state index >= 15 is 0 Å². The number of hydrogen-bond donors (Lipinski definition) is 0.